The second-order valence-corrected chi connectivity index (χ2v) is 5.91. The Labute approximate surface area is 102 Å². The Balaban J connectivity index is 1.94. The third-order valence-electron chi connectivity index (χ3n) is 2.95. The molecule has 1 heterocycles. The number of benzene rings is 1. The minimum Gasteiger partial charge on any atom is -0.399 e. The van der Waals surface area contributed by atoms with E-state index in [9.17, 15) is 0 Å². The number of ether oxygens (including phenoxy) is 1. The molecule has 1 aromatic rings. The summed E-state index contributed by atoms with van der Waals surface area (Å²) in [6, 6.07) is 8.21. The highest BCUT2D eigenvalue weighted by atomic mass is 32.2. The molecule has 2 N–H and O–H groups in total. The lowest BCUT2D eigenvalue weighted by Gasteiger charge is -2.24. The third-order valence-corrected chi connectivity index (χ3v) is 4.48. The predicted octanol–water partition coefficient (Wildman–Crippen LogP) is 3.24. The van der Waals surface area contributed by atoms with Crippen molar-refractivity contribution >= 4 is 17.4 Å². The molecule has 0 aromatic heterocycles. The van der Waals surface area contributed by atoms with Gasteiger partial charge in [0.25, 0.3) is 0 Å². The second-order valence-electron chi connectivity index (χ2n) is 4.26. The van der Waals surface area contributed by atoms with Crippen LogP contribution < -0.4 is 5.73 Å². The van der Waals surface area contributed by atoms with Gasteiger partial charge in [0.05, 0.1) is 0 Å². The fourth-order valence-electron chi connectivity index (χ4n) is 1.99. The van der Waals surface area contributed by atoms with Gasteiger partial charge in [0.1, 0.15) is 0 Å². The predicted molar refractivity (Wildman–Crippen MR) is 70.7 cm³/mol. The quantitative estimate of drug-likeness (QED) is 0.820. The van der Waals surface area contributed by atoms with E-state index in [1.54, 1.807) is 0 Å². The van der Waals surface area contributed by atoms with Crippen LogP contribution in [0.2, 0.25) is 0 Å². The van der Waals surface area contributed by atoms with Gasteiger partial charge in [-0.1, -0.05) is 12.1 Å². The average molecular weight is 237 g/mol. The van der Waals surface area contributed by atoms with Gasteiger partial charge in [-0.05, 0) is 37.5 Å². The molecule has 1 saturated heterocycles. The van der Waals surface area contributed by atoms with Crippen LogP contribution in [0, 0.1) is 0 Å². The molecule has 1 unspecified atom stereocenters. The maximum Gasteiger partial charge on any atom is 0.0476 e. The van der Waals surface area contributed by atoms with Crippen LogP contribution in [0.3, 0.4) is 0 Å². The van der Waals surface area contributed by atoms with E-state index in [2.05, 4.69) is 19.1 Å². The summed E-state index contributed by atoms with van der Waals surface area (Å²) in [6.45, 7) is 4.09. The largest absolute Gasteiger partial charge is 0.399 e. The number of rotatable bonds is 3. The molecule has 0 aliphatic carbocycles. The Bertz CT molecular complexity index is 336. The van der Waals surface area contributed by atoms with Crippen LogP contribution in [0.4, 0.5) is 5.69 Å². The number of hydrogen-bond donors (Lipinski definition) is 1. The lowest BCUT2D eigenvalue weighted by molar-refractivity contribution is 0.0999. The Hall–Kier alpha value is -0.670. The van der Waals surface area contributed by atoms with Gasteiger partial charge in [0.2, 0.25) is 0 Å². The fraction of sp³-hybridized carbons (Fsp3) is 0.538. The van der Waals surface area contributed by atoms with Gasteiger partial charge in [-0.2, -0.15) is 11.8 Å². The van der Waals surface area contributed by atoms with E-state index in [-0.39, 0.29) is 0 Å². The highest BCUT2D eigenvalue weighted by Gasteiger charge is 2.18. The van der Waals surface area contributed by atoms with Crippen LogP contribution in [-0.2, 0) is 4.74 Å². The Morgan fingerprint density at radius 1 is 1.38 bits per heavy atom. The highest BCUT2D eigenvalue weighted by Crippen LogP contribution is 2.36. The molecule has 0 amide bonds. The summed E-state index contributed by atoms with van der Waals surface area (Å²) in [5.41, 5.74) is 7.99. The summed E-state index contributed by atoms with van der Waals surface area (Å²) >= 11 is 2.05. The van der Waals surface area contributed by atoms with Crippen LogP contribution in [-0.4, -0.2) is 18.5 Å². The maximum absolute atomic E-state index is 5.80. The molecule has 2 nitrogen and oxygen atoms in total. The number of nitrogens with two attached hydrogens (primary N) is 1. The van der Waals surface area contributed by atoms with Crippen molar-refractivity contribution in [3.8, 4) is 0 Å². The van der Waals surface area contributed by atoms with Crippen LogP contribution in [0.15, 0.2) is 24.3 Å². The first-order valence-electron chi connectivity index (χ1n) is 5.84. The van der Waals surface area contributed by atoms with Gasteiger partial charge >= 0.3 is 0 Å². The van der Waals surface area contributed by atoms with Crippen molar-refractivity contribution in [1.82, 2.24) is 0 Å². The summed E-state index contributed by atoms with van der Waals surface area (Å²) in [5, 5.41) is 1.26. The van der Waals surface area contributed by atoms with E-state index in [1.807, 2.05) is 23.9 Å². The van der Waals surface area contributed by atoms with E-state index in [1.165, 1.54) is 18.4 Å². The molecular weight excluding hydrogens is 218 g/mol. The maximum atomic E-state index is 5.80. The van der Waals surface area contributed by atoms with E-state index in [0.717, 1.165) is 24.2 Å². The fourth-order valence-corrected chi connectivity index (χ4v) is 3.34. The molecule has 1 atom stereocenters. The minimum absolute atomic E-state index is 0.520. The third kappa shape index (κ3) is 3.16. The normalized spacial score (nSPS) is 19.6. The molecular formula is C13H19NOS. The molecule has 1 fully saturated rings. The summed E-state index contributed by atoms with van der Waals surface area (Å²) < 4.78 is 5.37. The standard InChI is InChI=1S/C13H19NOS/c1-10(11-3-2-4-12(14)9-11)16-13-5-7-15-8-6-13/h2-4,9-10,13H,5-8,14H2,1H3. The molecule has 0 radical (unpaired) electrons. The van der Waals surface area contributed by atoms with Crippen molar-refractivity contribution in [3.63, 3.8) is 0 Å². The Kier molecular flexibility index (Phi) is 4.13. The lowest BCUT2D eigenvalue weighted by Crippen LogP contribution is -2.18. The first-order valence-corrected chi connectivity index (χ1v) is 6.78. The van der Waals surface area contributed by atoms with Crippen molar-refractivity contribution in [3.05, 3.63) is 29.8 Å². The van der Waals surface area contributed by atoms with Gasteiger partial charge in [0, 0.05) is 29.4 Å². The number of hydrogen-bond acceptors (Lipinski definition) is 3. The van der Waals surface area contributed by atoms with Gasteiger partial charge in [-0.25, -0.2) is 0 Å². The molecule has 0 bridgehead atoms. The zero-order chi connectivity index (χ0) is 11.4. The van der Waals surface area contributed by atoms with Crippen LogP contribution >= 0.6 is 11.8 Å². The zero-order valence-corrected chi connectivity index (χ0v) is 10.5. The van der Waals surface area contributed by atoms with Crippen LogP contribution in [0.5, 0.6) is 0 Å². The van der Waals surface area contributed by atoms with E-state index < -0.39 is 0 Å². The smallest absolute Gasteiger partial charge is 0.0476 e. The topological polar surface area (TPSA) is 35.2 Å². The molecule has 3 heteroatoms. The molecule has 16 heavy (non-hydrogen) atoms. The van der Waals surface area contributed by atoms with Crippen molar-refractivity contribution in [2.75, 3.05) is 18.9 Å². The first kappa shape index (κ1) is 11.8. The molecule has 88 valence electrons. The molecule has 1 aromatic carbocycles. The molecule has 1 aliphatic rings. The van der Waals surface area contributed by atoms with Gasteiger partial charge in [-0.15, -0.1) is 0 Å². The second kappa shape index (κ2) is 5.60. The van der Waals surface area contributed by atoms with Crippen molar-refractivity contribution in [1.29, 1.82) is 0 Å². The Morgan fingerprint density at radius 2 is 2.12 bits per heavy atom. The summed E-state index contributed by atoms with van der Waals surface area (Å²) in [6.07, 6.45) is 2.36. The van der Waals surface area contributed by atoms with Crippen LogP contribution in [0.25, 0.3) is 0 Å². The first-order chi connectivity index (χ1) is 7.75. The minimum atomic E-state index is 0.520. The Morgan fingerprint density at radius 3 is 2.81 bits per heavy atom. The molecule has 0 saturated carbocycles. The van der Waals surface area contributed by atoms with Crippen LogP contribution in [0.1, 0.15) is 30.6 Å². The van der Waals surface area contributed by atoms with Crippen molar-refractivity contribution in [2.24, 2.45) is 0 Å². The molecule has 1 aliphatic heterocycles. The lowest BCUT2D eigenvalue weighted by atomic mass is 10.1. The summed E-state index contributed by atoms with van der Waals surface area (Å²) in [4.78, 5) is 0. The molecule has 2 rings (SSSR count). The van der Waals surface area contributed by atoms with E-state index in [0.29, 0.717) is 5.25 Å². The SMILES string of the molecule is CC(SC1CCOCC1)c1cccc(N)c1. The van der Waals surface area contributed by atoms with E-state index >= 15 is 0 Å². The van der Waals surface area contributed by atoms with Crippen molar-refractivity contribution < 1.29 is 4.74 Å². The number of nitrogen functional groups attached to an aromatic ring is 1. The average Bonchev–Trinajstić information content (AvgIpc) is 2.30. The van der Waals surface area contributed by atoms with Gasteiger partial charge in [0.15, 0.2) is 0 Å². The van der Waals surface area contributed by atoms with Gasteiger partial charge < -0.3 is 10.5 Å². The monoisotopic (exact) mass is 237 g/mol. The summed E-state index contributed by atoms with van der Waals surface area (Å²) in [7, 11) is 0. The highest BCUT2D eigenvalue weighted by molar-refractivity contribution is 8.00. The number of thioether (sulfide) groups is 1. The van der Waals surface area contributed by atoms with Gasteiger partial charge in [-0.3, -0.25) is 0 Å². The van der Waals surface area contributed by atoms with E-state index in [4.69, 9.17) is 10.5 Å². The zero-order valence-electron chi connectivity index (χ0n) is 9.69. The molecule has 0 spiro atoms. The number of anilines is 1. The van der Waals surface area contributed by atoms with Crippen molar-refractivity contribution in [2.45, 2.75) is 30.3 Å². The summed E-state index contributed by atoms with van der Waals surface area (Å²) in [5.74, 6) is 0.